The van der Waals surface area contributed by atoms with Crippen LogP contribution >= 0.6 is 23.5 Å². The molecule has 0 N–H and O–H groups in total. The van der Waals surface area contributed by atoms with Crippen molar-refractivity contribution in [2.24, 2.45) is 5.89 Å². The van der Waals surface area contributed by atoms with E-state index in [4.69, 9.17) is 21.9 Å². The molecule has 8 aromatic rings. The summed E-state index contributed by atoms with van der Waals surface area (Å²) in [5.74, 6) is -6.37. The molecule has 2 amide bonds. The van der Waals surface area contributed by atoms with E-state index in [1.807, 2.05) is 13.8 Å². The van der Waals surface area contributed by atoms with Crippen molar-refractivity contribution >= 4 is 35.3 Å². The highest BCUT2D eigenvalue weighted by molar-refractivity contribution is 7.98. The van der Waals surface area contributed by atoms with Crippen LogP contribution in [0.2, 0.25) is 0 Å². The Bertz CT molecular complexity index is 5130. The van der Waals surface area contributed by atoms with Crippen molar-refractivity contribution in [3.05, 3.63) is 233 Å². The van der Waals surface area contributed by atoms with Gasteiger partial charge in [0.1, 0.15) is 24.7 Å². The normalized spacial score (nSPS) is 19.0. The maximum Gasteiger partial charge on any atom is 0.416 e. The molecular formula is C75H82F8N8O4S2. The molecule has 2 heterocycles. The lowest BCUT2D eigenvalue weighted by Crippen LogP contribution is -2.42. The van der Waals surface area contributed by atoms with Gasteiger partial charge >= 0.3 is 12.4 Å². The fourth-order valence-corrected chi connectivity index (χ4v) is 12.6. The molecule has 2 atom stereocenters. The summed E-state index contributed by atoms with van der Waals surface area (Å²) in [7, 11) is 0. The minimum absolute atomic E-state index is 0.0459. The lowest BCUT2D eigenvalue weighted by molar-refractivity contribution is -0.138. The third-order valence-electron chi connectivity index (χ3n) is 16.2. The highest BCUT2D eigenvalue weighted by Gasteiger charge is 2.34. The van der Waals surface area contributed by atoms with Crippen LogP contribution in [0.1, 0.15) is 141 Å². The van der Waals surface area contributed by atoms with E-state index in [0.717, 1.165) is 66.2 Å². The molecule has 0 fully saturated rings. The number of carbonyl (C=O) groups excluding carboxylic acids is 2. The van der Waals surface area contributed by atoms with E-state index in [1.54, 1.807) is 54.5 Å². The van der Waals surface area contributed by atoms with Crippen LogP contribution in [0.3, 0.4) is 0 Å². The van der Waals surface area contributed by atoms with E-state index < -0.39 is 202 Å². The number of fused-ring (bicyclic) bond motifs is 2. The topological polar surface area (TPSA) is 117 Å². The summed E-state index contributed by atoms with van der Waals surface area (Å²) in [5.41, 5.74) is -6.02. The van der Waals surface area contributed by atoms with Gasteiger partial charge in [-0.15, -0.1) is 0 Å². The first kappa shape index (κ1) is 51.3. The van der Waals surface area contributed by atoms with Gasteiger partial charge in [-0.2, -0.15) is 36.3 Å². The monoisotopic (exact) mass is 1390 g/mol. The summed E-state index contributed by atoms with van der Waals surface area (Å²) in [4.78, 5) is 70.1. The molecule has 2 aliphatic carbocycles. The molecule has 97 heavy (non-hydrogen) atoms. The van der Waals surface area contributed by atoms with E-state index >= 15 is 0 Å². The van der Waals surface area contributed by atoms with Crippen LogP contribution in [0.4, 0.5) is 35.1 Å². The lowest BCUT2D eigenvalue weighted by Gasteiger charge is -2.33. The van der Waals surface area contributed by atoms with E-state index in [9.17, 15) is 58.4 Å². The Morgan fingerprint density at radius 2 is 1.16 bits per heavy atom. The van der Waals surface area contributed by atoms with Crippen LogP contribution in [0.5, 0.6) is 0 Å². The zero-order chi connectivity index (χ0) is 86.5. The number of hydrogen-bond donors (Lipinski definition) is 0. The fraction of sp³-hybridized carbons (Fsp3) is 0.387. The van der Waals surface area contributed by atoms with Gasteiger partial charge in [0.25, 0.3) is 11.1 Å². The Morgan fingerprint density at radius 1 is 0.629 bits per heavy atom. The van der Waals surface area contributed by atoms with Crippen LogP contribution < -0.4 is 11.1 Å². The second-order valence-electron chi connectivity index (χ2n) is 22.4. The third-order valence-corrected chi connectivity index (χ3v) is 18.2. The Kier molecular flexibility index (Phi) is 17.5. The summed E-state index contributed by atoms with van der Waals surface area (Å²) in [6.07, 6.45) is -14.0. The van der Waals surface area contributed by atoms with Crippen molar-refractivity contribution in [3.63, 3.8) is 0 Å². The number of rotatable bonds is 26. The van der Waals surface area contributed by atoms with E-state index in [1.165, 1.54) is 29.2 Å². The first-order chi connectivity index (χ1) is 53.9. The highest BCUT2D eigenvalue weighted by Crippen LogP contribution is 2.36. The largest absolute Gasteiger partial charge is 0.416 e. The number of benzene rings is 6. The minimum Gasteiger partial charge on any atom is -0.336 e. The SMILES string of the molecule is [2H]c1c([2H])c(C([2H])([2H])N(CCN(CC)CC)C(=O)Cn2c(SCc3ccc(F)cc3)nc(=O)c3c2C([2H])([2H])C([2H])(C)C3([2H])[2H])c([2H])c([2H])c1-c1c([2H])c([2H])c(C(F)(F)F)c(C)c1[2H].[2H]c1c([2H])c(CSc2nc(=O)c3c(n2CC(=O)N(CCN(CC)CC)C([2H])(C)c2ccc(-c4ccc(C(F)(F)F)cc4)cc2)CCC3)c([2H])c([2H])c1F. The van der Waals surface area contributed by atoms with E-state index in [2.05, 4.69) is 14.9 Å². The van der Waals surface area contributed by atoms with Crippen molar-refractivity contribution in [1.29, 1.82) is 0 Å². The molecule has 22 heteroatoms. The highest BCUT2D eigenvalue weighted by atomic mass is 32.2. The van der Waals surface area contributed by atoms with Crippen LogP contribution in [0.25, 0.3) is 22.3 Å². The molecule has 2 unspecified atom stereocenters. The van der Waals surface area contributed by atoms with Crippen molar-refractivity contribution in [2.45, 2.75) is 140 Å². The molecule has 0 aliphatic heterocycles. The first-order valence-electron chi connectivity index (χ1n) is 40.6. The number of halogens is 8. The van der Waals surface area contributed by atoms with Gasteiger partial charge in [0.15, 0.2) is 10.3 Å². The van der Waals surface area contributed by atoms with Crippen molar-refractivity contribution in [3.8, 4) is 22.3 Å². The van der Waals surface area contributed by atoms with Gasteiger partial charge in [0.05, 0.1) is 36.3 Å². The average Bonchev–Trinajstić information content (AvgIpc) is 1.52. The van der Waals surface area contributed by atoms with E-state index in [-0.39, 0.29) is 47.0 Å². The van der Waals surface area contributed by atoms with E-state index in [0.29, 0.717) is 90.4 Å². The molecule has 2 aromatic heterocycles. The molecule has 6 aromatic carbocycles. The number of likely N-dealkylation sites (N-methyl/N-ethyl adjacent to an activating group) is 2. The average molecular weight is 1390 g/mol. The number of carbonyl (C=O) groups is 2. The summed E-state index contributed by atoms with van der Waals surface area (Å²) < 4.78 is 277. The molecule has 2 aliphatic rings. The number of nitrogens with zero attached hydrogens (tertiary/aromatic N) is 8. The molecule has 0 saturated carbocycles. The maximum atomic E-state index is 14.8. The van der Waals surface area contributed by atoms with Crippen LogP contribution in [-0.4, -0.2) is 103 Å². The molecular weight excluding hydrogens is 1290 g/mol. The minimum atomic E-state index is -5.16. The molecule has 514 valence electrons. The van der Waals surface area contributed by atoms with Crippen molar-refractivity contribution in [2.75, 3.05) is 52.4 Å². The molecule has 0 spiro atoms. The van der Waals surface area contributed by atoms with Crippen LogP contribution in [0.15, 0.2) is 159 Å². The van der Waals surface area contributed by atoms with Gasteiger partial charge in [-0.3, -0.25) is 19.2 Å². The molecule has 0 radical (unpaired) electrons. The zero-order valence-corrected chi connectivity index (χ0v) is 55.7. The first-order valence-corrected chi connectivity index (χ1v) is 33.0. The van der Waals surface area contributed by atoms with Crippen molar-refractivity contribution < 1.29 is 70.8 Å². The zero-order valence-electron chi connectivity index (χ0n) is 73.1. The van der Waals surface area contributed by atoms with Gasteiger partial charge in [-0.05, 0) is 170 Å². The lowest BCUT2D eigenvalue weighted by atomic mass is 9.98. The Morgan fingerprint density at radius 3 is 1.75 bits per heavy atom. The van der Waals surface area contributed by atoms with Gasteiger partial charge in [0, 0.05) is 73.6 Å². The maximum absolute atomic E-state index is 14.8. The summed E-state index contributed by atoms with van der Waals surface area (Å²) >= 11 is 1.73. The summed E-state index contributed by atoms with van der Waals surface area (Å²) in [5, 5.41) is -0.230. The summed E-state index contributed by atoms with van der Waals surface area (Å²) in [6.45, 7) is 8.51. The standard InChI is InChI=1S/C38H42F4N4O2S.C37H40F4N4O2S/c1-5-44(6-2)17-18-45(22-27-7-11-29(12-8-27)30-13-16-33(26(4)21-30)38(40,41)42)35(47)23-46-34-20-25(3)19-32(34)36(48)43-37(46)49-24-28-9-14-31(39)15-10-28;1-4-43(5-2)21-22-44(25(3)27-11-13-28(14-12-27)29-15-17-30(18-16-29)37(39,40)41)34(46)23-45-33-8-6-7-32(33)35(47)42-36(45)48-24-26-9-19-31(38)20-10-26/h7-16,21,25H,5-6,17-20,22-24H2,1-4H3;9-20,25H,4-8,21-24H2,1-3H3/i7D,8D,11D,12D,13D,16D,19D2,20D2,21D,22D2,25D;9D,10D,19D,20D,25D. The molecule has 10 rings (SSSR count). The molecule has 12 nitrogen and oxygen atoms in total. The number of alkyl halides is 6. The number of aromatic nitrogens is 4. The van der Waals surface area contributed by atoms with Gasteiger partial charge < -0.3 is 28.7 Å². The smallest absolute Gasteiger partial charge is 0.336 e. The second-order valence-corrected chi connectivity index (χ2v) is 24.3. The quantitative estimate of drug-likeness (QED) is 0.0295. The van der Waals surface area contributed by atoms with Gasteiger partial charge in [-0.25, -0.2) is 8.78 Å². The fourth-order valence-electron chi connectivity index (χ4n) is 10.7. The van der Waals surface area contributed by atoms with Crippen LogP contribution in [-0.2, 0) is 78.6 Å². The summed E-state index contributed by atoms with van der Waals surface area (Å²) in [6, 6.07) is 4.27. The van der Waals surface area contributed by atoms with Crippen molar-refractivity contribution in [1.82, 2.24) is 38.7 Å². The predicted molar refractivity (Wildman–Crippen MR) is 367 cm³/mol. The number of thioether (sulfide) groups is 2. The Balaban J connectivity index is 0.000000269. The van der Waals surface area contributed by atoms with Gasteiger partial charge in [-0.1, -0.05) is 155 Å². The van der Waals surface area contributed by atoms with Crippen LogP contribution in [0, 0.1) is 24.5 Å². The second kappa shape index (κ2) is 33.1. The molecule has 0 bridgehead atoms. The Hall–Kier alpha value is -7.92. The number of hydrogen-bond acceptors (Lipinski definition) is 10. The van der Waals surface area contributed by atoms with Gasteiger partial charge in [0.2, 0.25) is 11.8 Å². The molecule has 0 saturated heterocycles. The third kappa shape index (κ3) is 19.1. The number of amides is 2. The Labute approximate surface area is 596 Å². The predicted octanol–water partition coefficient (Wildman–Crippen LogP) is 15.6.